The number of amides is 2. The molecule has 0 bridgehead atoms. The molecule has 0 fully saturated rings. The number of terminal acetylenes is 1. The van der Waals surface area contributed by atoms with Gasteiger partial charge in [-0.15, -0.1) is 12.3 Å². The number of hydrogen-bond acceptors (Lipinski definition) is 3. The predicted octanol–water partition coefficient (Wildman–Crippen LogP) is 0.114. The SMILES string of the molecule is C#CC[C@H](C)C1=C(O)C(=O)NC1=O. The van der Waals surface area contributed by atoms with Gasteiger partial charge < -0.3 is 5.11 Å². The van der Waals surface area contributed by atoms with Crippen molar-refractivity contribution in [3.63, 3.8) is 0 Å². The average Bonchev–Trinajstić information content (AvgIpc) is 2.27. The maximum atomic E-state index is 11.1. The summed E-state index contributed by atoms with van der Waals surface area (Å²) in [5.41, 5.74) is 0.0861. The Morgan fingerprint density at radius 1 is 1.54 bits per heavy atom. The number of imide groups is 1. The molecule has 4 heteroatoms. The van der Waals surface area contributed by atoms with E-state index in [0.717, 1.165) is 0 Å². The third-order valence-corrected chi connectivity index (χ3v) is 1.86. The van der Waals surface area contributed by atoms with Crippen molar-refractivity contribution in [1.29, 1.82) is 0 Å². The number of nitrogens with one attached hydrogen (secondary N) is 1. The van der Waals surface area contributed by atoms with E-state index in [0.29, 0.717) is 6.42 Å². The van der Waals surface area contributed by atoms with Crippen molar-refractivity contribution in [1.82, 2.24) is 5.32 Å². The number of hydrogen-bond donors (Lipinski definition) is 2. The fourth-order valence-electron chi connectivity index (χ4n) is 1.20. The third-order valence-electron chi connectivity index (χ3n) is 1.86. The van der Waals surface area contributed by atoms with E-state index < -0.39 is 17.6 Å². The molecule has 0 unspecified atom stereocenters. The molecular weight excluding hydrogens is 170 g/mol. The van der Waals surface area contributed by atoms with Gasteiger partial charge in [0, 0.05) is 12.3 Å². The van der Waals surface area contributed by atoms with Gasteiger partial charge in [0.1, 0.15) is 0 Å². The largest absolute Gasteiger partial charge is 0.503 e. The lowest BCUT2D eigenvalue weighted by molar-refractivity contribution is -0.125. The molecule has 0 aromatic carbocycles. The van der Waals surface area contributed by atoms with Crippen molar-refractivity contribution in [3.05, 3.63) is 11.3 Å². The van der Waals surface area contributed by atoms with Crippen LogP contribution in [0.15, 0.2) is 11.3 Å². The molecule has 4 nitrogen and oxygen atoms in total. The van der Waals surface area contributed by atoms with Crippen LogP contribution in [0.25, 0.3) is 0 Å². The molecule has 0 aromatic heterocycles. The van der Waals surface area contributed by atoms with E-state index in [1.807, 2.05) is 5.32 Å². The smallest absolute Gasteiger partial charge is 0.293 e. The summed E-state index contributed by atoms with van der Waals surface area (Å²) in [7, 11) is 0. The first kappa shape index (κ1) is 9.33. The summed E-state index contributed by atoms with van der Waals surface area (Å²) in [5.74, 6) is 0.265. The molecule has 0 spiro atoms. The number of aliphatic hydroxyl groups is 1. The maximum absolute atomic E-state index is 11.1. The van der Waals surface area contributed by atoms with E-state index in [1.165, 1.54) is 0 Å². The Balaban J connectivity index is 2.96. The first-order valence-electron chi connectivity index (χ1n) is 3.80. The van der Waals surface area contributed by atoms with Gasteiger partial charge >= 0.3 is 0 Å². The Labute approximate surface area is 75.6 Å². The van der Waals surface area contributed by atoms with Crippen LogP contribution >= 0.6 is 0 Å². The summed E-state index contributed by atoms with van der Waals surface area (Å²) >= 11 is 0. The summed E-state index contributed by atoms with van der Waals surface area (Å²) in [6, 6.07) is 0. The highest BCUT2D eigenvalue weighted by Gasteiger charge is 2.32. The van der Waals surface area contributed by atoms with Gasteiger partial charge in [0.2, 0.25) is 0 Å². The van der Waals surface area contributed by atoms with Crippen LogP contribution in [0.5, 0.6) is 0 Å². The maximum Gasteiger partial charge on any atom is 0.293 e. The second kappa shape index (κ2) is 3.31. The lowest BCUT2D eigenvalue weighted by Crippen LogP contribution is -2.24. The summed E-state index contributed by atoms with van der Waals surface area (Å²) in [6.07, 6.45) is 5.37. The second-order valence-electron chi connectivity index (χ2n) is 2.85. The molecule has 68 valence electrons. The van der Waals surface area contributed by atoms with Gasteiger partial charge in [0.05, 0.1) is 5.57 Å². The Kier molecular flexibility index (Phi) is 2.38. The molecule has 1 aliphatic heterocycles. The zero-order valence-corrected chi connectivity index (χ0v) is 7.13. The van der Waals surface area contributed by atoms with Gasteiger partial charge in [0.25, 0.3) is 11.8 Å². The highest BCUT2D eigenvalue weighted by Crippen LogP contribution is 2.21. The zero-order chi connectivity index (χ0) is 10.0. The van der Waals surface area contributed by atoms with Crippen LogP contribution in [0, 0.1) is 18.3 Å². The zero-order valence-electron chi connectivity index (χ0n) is 7.13. The number of carbonyl (C=O) groups is 2. The molecule has 1 aliphatic rings. The standard InChI is InChI=1S/C9H9NO3/c1-3-4-5(2)6-7(11)9(13)10-8(6)12/h1,5H,4H2,2H3,(H2,10,11,12,13)/t5-/m0/s1. The highest BCUT2D eigenvalue weighted by molar-refractivity contribution is 6.18. The first-order valence-corrected chi connectivity index (χ1v) is 3.80. The van der Waals surface area contributed by atoms with E-state index in [-0.39, 0.29) is 11.5 Å². The summed E-state index contributed by atoms with van der Waals surface area (Å²) in [6.45, 7) is 1.68. The monoisotopic (exact) mass is 179 g/mol. The summed E-state index contributed by atoms with van der Waals surface area (Å²) in [4.78, 5) is 21.9. The highest BCUT2D eigenvalue weighted by atomic mass is 16.3. The Morgan fingerprint density at radius 2 is 2.15 bits per heavy atom. The summed E-state index contributed by atoms with van der Waals surface area (Å²) < 4.78 is 0. The van der Waals surface area contributed by atoms with Crippen molar-refractivity contribution < 1.29 is 14.7 Å². The van der Waals surface area contributed by atoms with Crippen molar-refractivity contribution in [2.75, 3.05) is 0 Å². The first-order chi connectivity index (χ1) is 6.07. The molecule has 1 rings (SSSR count). The second-order valence-corrected chi connectivity index (χ2v) is 2.85. The third kappa shape index (κ3) is 1.54. The van der Waals surface area contributed by atoms with E-state index in [9.17, 15) is 14.7 Å². The van der Waals surface area contributed by atoms with Crippen molar-refractivity contribution in [2.24, 2.45) is 5.92 Å². The fourth-order valence-corrected chi connectivity index (χ4v) is 1.20. The molecule has 2 amide bonds. The van der Waals surface area contributed by atoms with E-state index in [1.54, 1.807) is 6.92 Å². The minimum Gasteiger partial charge on any atom is -0.503 e. The Hall–Kier alpha value is -1.76. The number of rotatable bonds is 2. The molecule has 0 radical (unpaired) electrons. The lowest BCUT2D eigenvalue weighted by atomic mass is 9.98. The van der Waals surface area contributed by atoms with Crippen molar-refractivity contribution in [3.8, 4) is 12.3 Å². The van der Waals surface area contributed by atoms with Crippen LogP contribution in [0.4, 0.5) is 0 Å². The van der Waals surface area contributed by atoms with Gasteiger partial charge in [-0.25, -0.2) is 0 Å². The molecule has 2 N–H and O–H groups in total. The van der Waals surface area contributed by atoms with Gasteiger partial charge in [-0.2, -0.15) is 0 Å². The van der Waals surface area contributed by atoms with Crippen LogP contribution in [-0.4, -0.2) is 16.9 Å². The van der Waals surface area contributed by atoms with E-state index in [4.69, 9.17) is 6.42 Å². The predicted molar refractivity (Wildman–Crippen MR) is 45.4 cm³/mol. The molecule has 1 atom stereocenters. The molecular formula is C9H9NO3. The van der Waals surface area contributed by atoms with Crippen LogP contribution in [0.2, 0.25) is 0 Å². The van der Waals surface area contributed by atoms with Crippen LogP contribution < -0.4 is 5.32 Å². The minimum atomic E-state index is -0.746. The van der Waals surface area contributed by atoms with Gasteiger partial charge in [-0.1, -0.05) is 6.92 Å². The molecule has 1 heterocycles. The van der Waals surface area contributed by atoms with Gasteiger partial charge in [-0.05, 0) is 0 Å². The Morgan fingerprint density at radius 3 is 2.54 bits per heavy atom. The van der Waals surface area contributed by atoms with E-state index >= 15 is 0 Å². The molecule has 0 saturated carbocycles. The molecule has 0 saturated heterocycles. The lowest BCUT2D eigenvalue weighted by Gasteiger charge is -2.05. The average molecular weight is 179 g/mol. The molecule has 0 aliphatic carbocycles. The van der Waals surface area contributed by atoms with Gasteiger partial charge in [-0.3, -0.25) is 14.9 Å². The van der Waals surface area contributed by atoms with Crippen molar-refractivity contribution in [2.45, 2.75) is 13.3 Å². The van der Waals surface area contributed by atoms with Crippen LogP contribution in [0.1, 0.15) is 13.3 Å². The van der Waals surface area contributed by atoms with E-state index in [2.05, 4.69) is 5.92 Å². The van der Waals surface area contributed by atoms with Crippen molar-refractivity contribution >= 4 is 11.8 Å². The molecule has 0 aromatic rings. The normalized spacial score (nSPS) is 18.5. The van der Waals surface area contributed by atoms with Crippen LogP contribution in [-0.2, 0) is 9.59 Å². The quantitative estimate of drug-likeness (QED) is 0.467. The Bertz CT molecular complexity index is 335. The molecule has 13 heavy (non-hydrogen) atoms. The van der Waals surface area contributed by atoms with Crippen LogP contribution in [0.3, 0.4) is 0 Å². The number of carbonyl (C=O) groups excluding carboxylic acids is 2. The van der Waals surface area contributed by atoms with Gasteiger partial charge in [0.15, 0.2) is 5.76 Å². The minimum absolute atomic E-state index is 0.0861. The topological polar surface area (TPSA) is 66.4 Å². The summed E-state index contributed by atoms with van der Waals surface area (Å²) in [5, 5.41) is 11.2. The number of aliphatic hydroxyl groups excluding tert-OH is 1. The fraction of sp³-hybridized carbons (Fsp3) is 0.333.